The van der Waals surface area contributed by atoms with Gasteiger partial charge in [0.1, 0.15) is 5.76 Å². The van der Waals surface area contributed by atoms with Crippen LogP contribution in [-0.2, 0) is 43.4 Å². The largest absolute Gasteiger partial charge is 0.534 e. The zero-order valence-corrected chi connectivity index (χ0v) is 19.8. The van der Waals surface area contributed by atoms with Crippen LogP contribution < -0.4 is 5.32 Å². The Labute approximate surface area is 210 Å². The Hall–Kier alpha value is -3.23. The van der Waals surface area contributed by atoms with E-state index in [1.165, 1.54) is 0 Å². The van der Waals surface area contributed by atoms with E-state index in [4.69, 9.17) is 0 Å². The molecule has 1 unspecified atom stereocenters. The van der Waals surface area contributed by atoms with Crippen molar-refractivity contribution in [2.45, 2.75) is 49.1 Å². The second kappa shape index (κ2) is 10.2. The molecule has 1 atom stereocenters. The molecule has 38 heavy (non-hydrogen) atoms. The van der Waals surface area contributed by atoms with Crippen LogP contribution in [0.2, 0.25) is 0 Å². The zero-order valence-electron chi connectivity index (χ0n) is 19.0. The number of carbonyl (C=O) groups is 1. The van der Waals surface area contributed by atoms with Gasteiger partial charge in [-0.25, -0.2) is 0 Å². The summed E-state index contributed by atoms with van der Waals surface area (Å²) in [7, 11) is -5.93. The molecule has 1 N–H and O–H groups in total. The molecule has 0 fully saturated rings. The lowest BCUT2D eigenvalue weighted by Crippen LogP contribution is -2.47. The Morgan fingerprint density at radius 2 is 1.45 bits per heavy atom. The Morgan fingerprint density at radius 3 is 1.89 bits per heavy atom. The standard InChI is InChI=1S/C23H18F9NO4S/c24-21(25,26)16-10-14(11-17(13-16)22(27,28)29)12-19(34)33-20(15-4-2-1-3-5-15)8-6-18(7-9-20)37-38(35,36)23(30,31)32/h1-6,10-11,13H,7-9,12H2,(H,33,34). The third kappa shape index (κ3) is 6.79. The fourth-order valence-corrected chi connectivity index (χ4v) is 4.44. The first kappa shape index (κ1) is 29.3. The molecule has 0 radical (unpaired) electrons. The van der Waals surface area contributed by atoms with Gasteiger partial charge in [-0.3, -0.25) is 4.79 Å². The topological polar surface area (TPSA) is 72.5 Å². The number of allylic oxidation sites excluding steroid dienone is 1. The van der Waals surface area contributed by atoms with Crippen molar-refractivity contribution >= 4 is 16.0 Å². The predicted molar refractivity (Wildman–Crippen MR) is 114 cm³/mol. The number of carbonyl (C=O) groups excluding carboxylic acids is 1. The van der Waals surface area contributed by atoms with E-state index in [1.807, 2.05) is 0 Å². The molecule has 0 bridgehead atoms. The molecule has 0 aliphatic heterocycles. The molecule has 208 valence electrons. The molecule has 0 saturated carbocycles. The number of hydrogen-bond donors (Lipinski definition) is 1. The van der Waals surface area contributed by atoms with Crippen molar-refractivity contribution in [3.63, 3.8) is 0 Å². The normalized spacial score (nSPS) is 19.0. The highest BCUT2D eigenvalue weighted by Gasteiger charge is 2.49. The van der Waals surface area contributed by atoms with Gasteiger partial charge >= 0.3 is 28.0 Å². The summed E-state index contributed by atoms with van der Waals surface area (Å²) in [6.07, 6.45) is -10.9. The molecule has 1 aliphatic rings. The number of benzene rings is 2. The quantitative estimate of drug-likeness (QED) is 0.253. The molecule has 5 nitrogen and oxygen atoms in total. The summed E-state index contributed by atoms with van der Waals surface area (Å²) in [5, 5.41) is 2.55. The lowest BCUT2D eigenvalue weighted by molar-refractivity contribution is -0.143. The second-order valence-corrected chi connectivity index (χ2v) is 9.98. The van der Waals surface area contributed by atoms with Crippen LogP contribution in [0.3, 0.4) is 0 Å². The molecular weight excluding hydrogens is 557 g/mol. The van der Waals surface area contributed by atoms with Crippen LogP contribution in [0.15, 0.2) is 60.4 Å². The molecule has 0 spiro atoms. The van der Waals surface area contributed by atoms with Crippen molar-refractivity contribution in [3.8, 4) is 0 Å². The molecule has 0 heterocycles. The highest BCUT2D eigenvalue weighted by Crippen LogP contribution is 2.39. The fourth-order valence-electron chi connectivity index (χ4n) is 3.92. The van der Waals surface area contributed by atoms with Crippen LogP contribution in [0, 0.1) is 0 Å². The summed E-state index contributed by atoms with van der Waals surface area (Å²) < 4.78 is 144. The summed E-state index contributed by atoms with van der Waals surface area (Å²) in [5.74, 6) is -1.50. The van der Waals surface area contributed by atoms with Crippen LogP contribution in [-0.4, -0.2) is 19.8 Å². The Bertz CT molecular complexity index is 1280. The minimum absolute atomic E-state index is 0.0741. The summed E-state index contributed by atoms with van der Waals surface area (Å²) in [6, 6.07) is 8.58. The van der Waals surface area contributed by atoms with Crippen molar-refractivity contribution in [1.82, 2.24) is 5.32 Å². The summed E-state index contributed by atoms with van der Waals surface area (Å²) in [6.45, 7) is 0. The number of nitrogens with one attached hydrogen (secondary N) is 1. The maximum absolute atomic E-state index is 13.2. The fraction of sp³-hybridized carbons (Fsp3) is 0.348. The van der Waals surface area contributed by atoms with E-state index in [-0.39, 0.29) is 25.3 Å². The van der Waals surface area contributed by atoms with Gasteiger partial charge in [0.25, 0.3) is 0 Å². The maximum atomic E-state index is 13.2. The molecule has 3 rings (SSSR count). The van der Waals surface area contributed by atoms with Crippen molar-refractivity contribution in [3.05, 3.63) is 82.6 Å². The van der Waals surface area contributed by atoms with Gasteiger partial charge in [-0.1, -0.05) is 30.3 Å². The highest BCUT2D eigenvalue weighted by atomic mass is 32.2. The summed E-state index contributed by atoms with van der Waals surface area (Å²) >= 11 is 0. The van der Waals surface area contributed by atoms with Crippen molar-refractivity contribution in [2.75, 3.05) is 0 Å². The van der Waals surface area contributed by atoms with E-state index >= 15 is 0 Å². The van der Waals surface area contributed by atoms with Crippen molar-refractivity contribution in [2.24, 2.45) is 0 Å². The first-order valence-electron chi connectivity index (χ1n) is 10.7. The number of alkyl halides is 9. The van der Waals surface area contributed by atoms with Gasteiger partial charge in [-0.05, 0) is 48.2 Å². The van der Waals surface area contributed by atoms with E-state index < -0.39 is 68.3 Å². The summed E-state index contributed by atoms with van der Waals surface area (Å²) in [4.78, 5) is 12.9. The molecular formula is C23H18F9NO4S. The average Bonchev–Trinajstić information content (AvgIpc) is 2.79. The number of halogens is 9. The third-order valence-corrected chi connectivity index (χ3v) is 6.69. The van der Waals surface area contributed by atoms with Gasteiger partial charge in [-0.2, -0.15) is 47.9 Å². The highest BCUT2D eigenvalue weighted by molar-refractivity contribution is 7.87. The second-order valence-electron chi connectivity index (χ2n) is 8.44. The van der Waals surface area contributed by atoms with Crippen LogP contribution in [0.5, 0.6) is 0 Å². The lowest BCUT2D eigenvalue weighted by atomic mass is 9.78. The van der Waals surface area contributed by atoms with Gasteiger partial charge in [0.15, 0.2) is 0 Å². The van der Waals surface area contributed by atoms with E-state index in [1.54, 1.807) is 30.3 Å². The maximum Gasteiger partial charge on any atom is 0.534 e. The monoisotopic (exact) mass is 575 g/mol. The Morgan fingerprint density at radius 1 is 0.895 bits per heavy atom. The van der Waals surface area contributed by atoms with E-state index in [0.29, 0.717) is 17.7 Å². The first-order valence-corrected chi connectivity index (χ1v) is 12.1. The smallest absolute Gasteiger partial charge is 0.381 e. The molecule has 2 aromatic rings. The van der Waals surface area contributed by atoms with E-state index in [9.17, 15) is 52.7 Å². The third-order valence-electron chi connectivity index (χ3n) is 5.69. The molecule has 1 amide bonds. The van der Waals surface area contributed by atoms with Crippen molar-refractivity contribution < 1.29 is 56.9 Å². The Balaban J connectivity index is 1.90. The Kier molecular flexibility index (Phi) is 7.83. The lowest BCUT2D eigenvalue weighted by Gasteiger charge is -2.37. The first-order chi connectivity index (χ1) is 17.3. The molecule has 0 saturated heterocycles. The molecule has 15 heteroatoms. The van der Waals surface area contributed by atoms with E-state index in [2.05, 4.69) is 9.50 Å². The predicted octanol–water partition coefficient (Wildman–Crippen LogP) is 6.21. The SMILES string of the molecule is O=C(Cc1cc(C(F)(F)F)cc(C(F)(F)F)c1)NC1(c2ccccc2)CC=C(OS(=O)(=O)C(F)(F)F)CC1. The summed E-state index contributed by atoms with van der Waals surface area (Å²) in [5.41, 5.74) is -10.4. The number of hydrogen-bond acceptors (Lipinski definition) is 4. The van der Waals surface area contributed by atoms with Crippen LogP contribution in [0.25, 0.3) is 0 Å². The molecule has 2 aromatic carbocycles. The van der Waals surface area contributed by atoms with Gasteiger partial charge in [0.05, 0.1) is 23.1 Å². The molecule has 1 aliphatic carbocycles. The van der Waals surface area contributed by atoms with Crippen molar-refractivity contribution in [1.29, 1.82) is 0 Å². The van der Waals surface area contributed by atoms with Gasteiger partial charge in [-0.15, -0.1) is 0 Å². The van der Waals surface area contributed by atoms with Gasteiger partial charge < -0.3 is 9.50 Å². The van der Waals surface area contributed by atoms with Gasteiger partial charge in [0.2, 0.25) is 5.91 Å². The molecule has 0 aromatic heterocycles. The van der Waals surface area contributed by atoms with E-state index in [0.717, 1.165) is 6.08 Å². The minimum atomic E-state index is -5.93. The van der Waals surface area contributed by atoms with Crippen LogP contribution >= 0.6 is 0 Å². The number of amides is 1. The zero-order chi connectivity index (χ0) is 28.6. The van der Waals surface area contributed by atoms with Crippen LogP contribution in [0.4, 0.5) is 39.5 Å². The number of rotatable bonds is 6. The van der Waals surface area contributed by atoms with Gasteiger partial charge in [0, 0.05) is 6.42 Å². The van der Waals surface area contributed by atoms with Crippen LogP contribution in [0.1, 0.15) is 41.5 Å². The average molecular weight is 575 g/mol. The minimum Gasteiger partial charge on any atom is -0.381 e.